The Balaban J connectivity index is 1.64. The number of nitriles is 1. The Labute approximate surface area is 191 Å². The van der Waals surface area contributed by atoms with Gasteiger partial charge in [-0.2, -0.15) is 5.26 Å². The summed E-state index contributed by atoms with van der Waals surface area (Å²) in [4.78, 5) is 24.1. The molecule has 4 rings (SSSR count). The quantitative estimate of drug-likeness (QED) is 0.645. The van der Waals surface area contributed by atoms with Crippen molar-refractivity contribution in [2.24, 2.45) is 46.3 Å². The summed E-state index contributed by atoms with van der Waals surface area (Å²) in [5.41, 5.74) is -0.435. The molecule has 4 aliphatic carbocycles. The van der Waals surface area contributed by atoms with Crippen molar-refractivity contribution in [1.82, 2.24) is 0 Å². The van der Waals surface area contributed by atoms with Gasteiger partial charge in [0.15, 0.2) is 5.78 Å². The lowest BCUT2D eigenvalue weighted by atomic mass is 9.44. The molecule has 6 nitrogen and oxygen atoms in total. The number of rotatable bonds is 4. The number of carbonyl (C=O) groups is 2. The molecule has 4 aliphatic rings. The number of ether oxygens (including phenoxy) is 1. The molecule has 1 unspecified atom stereocenters. The van der Waals surface area contributed by atoms with Crippen molar-refractivity contribution in [2.75, 3.05) is 7.11 Å². The average molecular weight is 444 g/mol. The first-order chi connectivity index (χ1) is 15.1. The van der Waals surface area contributed by atoms with Crippen LogP contribution in [0.25, 0.3) is 0 Å². The Morgan fingerprint density at radius 2 is 2.00 bits per heavy atom. The lowest BCUT2D eigenvalue weighted by Gasteiger charge is -2.62. The average Bonchev–Trinajstić information content (AvgIpc) is 3.12. The van der Waals surface area contributed by atoms with E-state index in [9.17, 15) is 25.1 Å². The van der Waals surface area contributed by atoms with E-state index in [0.717, 1.165) is 19.3 Å². The Bertz CT molecular complexity index is 861. The monoisotopic (exact) mass is 443 g/mol. The van der Waals surface area contributed by atoms with Gasteiger partial charge in [-0.25, -0.2) is 0 Å². The highest BCUT2D eigenvalue weighted by Gasteiger charge is 2.65. The Kier molecular flexibility index (Phi) is 6.05. The SMILES string of the molecule is COC(=O)CC[C@@H](C)[C@H]1CC[C@H]2C3[C@H](O)C[C@@H]4CC(=O)C(C#N)=C[C@]4(C)[C@H]3C[C@H](O)[C@]12C. The van der Waals surface area contributed by atoms with Crippen LogP contribution >= 0.6 is 0 Å². The van der Waals surface area contributed by atoms with Crippen molar-refractivity contribution >= 4 is 11.8 Å². The van der Waals surface area contributed by atoms with Gasteiger partial charge in [-0.3, -0.25) is 9.59 Å². The van der Waals surface area contributed by atoms with E-state index in [1.54, 1.807) is 0 Å². The van der Waals surface area contributed by atoms with Gasteiger partial charge in [-0.05, 0) is 78.4 Å². The highest BCUT2D eigenvalue weighted by Crippen LogP contribution is 2.67. The summed E-state index contributed by atoms with van der Waals surface area (Å²) in [6.45, 7) is 6.49. The molecule has 0 bridgehead atoms. The number of allylic oxidation sites excluding steroid dienone is 2. The topological polar surface area (TPSA) is 108 Å². The number of fused-ring (bicyclic) bond motifs is 5. The summed E-state index contributed by atoms with van der Waals surface area (Å²) in [6, 6.07) is 2.08. The highest BCUT2D eigenvalue weighted by atomic mass is 16.5. The molecule has 10 atom stereocenters. The second-order valence-electron chi connectivity index (χ2n) is 11.3. The molecule has 0 spiro atoms. The third kappa shape index (κ3) is 3.35. The predicted molar refractivity (Wildman–Crippen MR) is 118 cm³/mol. The zero-order chi connectivity index (χ0) is 23.4. The third-order valence-electron chi connectivity index (χ3n) is 10.2. The van der Waals surface area contributed by atoms with Crippen LogP contribution in [-0.2, 0) is 14.3 Å². The molecule has 0 aliphatic heterocycles. The maximum Gasteiger partial charge on any atom is 0.305 e. The second kappa shape index (κ2) is 8.25. The lowest BCUT2D eigenvalue weighted by molar-refractivity contribution is -0.186. The minimum atomic E-state index is -0.513. The molecule has 2 N–H and O–H groups in total. The van der Waals surface area contributed by atoms with E-state index in [1.807, 2.05) is 6.08 Å². The van der Waals surface area contributed by atoms with E-state index >= 15 is 0 Å². The summed E-state index contributed by atoms with van der Waals surface area (Å²) < 4.78 is 4.81. The number of ketones is 1. The van der Waals surface area contributed by atoms with E-state index in [2.05, 4.69) is 26.8 Å². The van der Waals surface area contributed by atoms with E-state index in [-0.39, 0.29) is 63.7 Å². The molecule has 3 saturated carbocycles. The standard InChI is InChI=1S/C26H37NO5/c1-14(5-8-23(31)32-4)17-6-7-18-24-19(11-22(30)26(17,18)3)25(2)12-15(13-27)20(28)9-16(25)10-21(24)29/h12,14,16-19,21-22,24,29-30H,5-11H2,1-4H3/t14-,16+,17-,18+,19+,21-,22+,24?,25+,26-/m1/s1. The highest BCUT2D eigenvalue weighted by molar-refractivity contribution is 6.00. The molecule has 0 aromatic heterocycles. The number of aliphatic hydroxyl groups is 2. The molecule has 0 heterocycles. The zero-order valence-corrected chi connectivity index (χ0v) is 19.7. The van der Waals surface area contributed by atoms with Crippen LogP contribution in [0.5, 0.6) is 0 Å². The summed E-state index contributed by atoms with van der Waals surface area (Å²) >= 11 is 0. The lowest BCUT2D eigenvalue weighted by Crippen LogP contribution is -2.61. The Morgan fingerprint density at radius 3 is 2.66 bits per heavy atom. The van der Waals surface area contributed by atoms with Crippen LogP contribution in [0, 0.1) is 57.7 Å². The van der Waals surface area contributed by atoms with Gasteiger partial charge in [-0.15, -0.1) is 0 Å². The summed E-state index contributed by atoms with van der Waals surface area (Å²) in [5, 5.41) is 32.4. The van der Waals surface area contributed by atoms with Gasteiger partial charge in [0, 0.05) is 12.8 Å². The van der Waals surface area contributed by atoms with Crippen LogP contribution in [0.15, 0.2) is 11.6 Å². The first kappa shape index (κ1) is 23.4. The van der Waals surface area contributed by atoms with Crippen LogP contribution in [0.1, 0.15) is 65.7 Å². The summed E-state index contributed by atoms with van der Waals surface area (Å²) in [6.07, 6.45) is 5.37. The molecule has 32 heavy (non-hydrogen) atoms. The van der Waals surface area contributed by atoms with Crippen molar-refractivity contribution in [3.63, 3.8) is 0 Å². The number of carbonyl (C=O) groups excluding carboxylic acids is 2. The van der Waals surface area contributed by atoms with Gasteiger partial charge in [0.1, 0.15) is 6.07 Å². The summed E-state index contributed by atoms with van der Waals surface area (Å²) in [7, 11) is 1.41. The molecule has 0 aromatic rings. The van der Waals surface area contributed by atoms with Gasteiger partial charge in [0.2, 0.25) is 0 Å². The van der Waals surface area contributed by atoms with Crippen LogP contribution in [-0.4, -0.2) is 41.3 Å². The molecule has 0 radical (unpaired) electrons. The van der Waals surface area contributed by atoms with Crippen molar-refractivity contribution < 1.29 is 24.5 Å². The van der Waals surface area contributed by atoms with Crippen molar-refractivity contribution in [3.05, 3.63) is 11.6 Å². The summed E-state index contributed by atoms with van der Waals surface area (Å²) in [5.74, 6) is 0.524. The van der Waals surface area contributed by atoms with Crippen LogP contribution in [0.2, 0.25) is 0 Å². The van der Waals surface area contributed by atoms with Crippen LogP contribution < -0.4 is 0 Å². The van der Waals surface area contributed by atoms with Crippen LogP contribution in [0.4, 0.5) is 0 Å². The number of hydrogen-bond donors (Lipinski definition) is 2. The van der Waals surface area contributed by atoms with E-state index in [0.29, 0.717) is 25.7 Å². The Morgan fingerprint density at radius 1 is 1.28 bits per heavy atom. The molecule has 0 amide bonds. The fraction of sp³-hybridized carbons (Fsp3) is 0.808. The van der Waals surface area contributed by atoms with Gasteiger partial charge in [0.25, 0.3) is 0 Å². The van der Waals surface area contributed by atoms with Crippen LogP contribution in [0.3, 0.4) is 0 Å². The maximum atomic E-state index is 12.4. The zero-order valence-electron chi connectivity index (χ0n) is 19.7. The van der Waals surface area contributed by atoms with Gasteiger partial charge >= 0.3 is 5.97 Å². The smallest absolute Gasteiger partial charge is 0.305 e. The molecule has 6 heteroatoms. The number of esters is 1. The molecule has 3 fully saturated rings. The second-order valence-corrected chi connectivity index (χ2v) is 11.3. The maximum absolute atomic E-state index is 12.4. The number of aliphatic hydroxyl groups excluding tert-OH is 2. The number of nitrogens with zero attached hydrogens (tertiary/aromatic N) is 1. The van der Waals surface area contributed by atoms with Crippen molar-refractivity contribution in [3.8, 4) is 6.07 Å². The number of hydrogen-bond acceptors (Lipinski definition) is 6. The number of Topliss-reactive ketones (excluding diaryl/α,β-unsaturated/α-hetero) is 1. The predicted octanol–water partition coefficient (Wildman–Crippen LogP) is 3.42. The van der Waals surface area contributed by atoms with E-state index in [1.165, 1.54) is 7.11 Å². The fourth-order valence-corrected chi connectivity index (χ4v) is 8.39. The van der Waals surface area contributed by atoms with Gasteiger partial charge in [-0.1, -0.05) is 26.8 Å². The normalized spacial score (nSPS) is 46.2. The molecular weight excluding hydrogens is 406 g/mol. The fourth-order valence-electron chi connectivity index (χ4n) is 8.39. The van der Waals surface area contributed by atoms with Gasteiger partial charge < -0.3 is 14.9 Å². The molecule has 0 aromatic carbocycles. The molecule has 176 valence electrons. The minimum absolute atomic E-state index is 0.0103. The van der Waals surface area contributed by atoms with Crippen molar-refractivity contribution in [1.29, 1.82) is 5.26 Å². The first-order valence-electron chi connectivity index (χ1n) is 12.2. The van der Waals surface area contributed by atoms with E-state index in [4.69, 9.17) is 4.74 Å². The van der Waals surface area contributed by atoms with Crippen molar-refractivity contribution in [2.45, 2.75) is 77.9 Å². The first-order valence-corrected chi connectivity index (χ1v) is 12.2. The molecule has 0 saturated heterocycles. The number of methoxy groups -OCH3 is 1. The largest absolute Gasteiger partial charge is 0.469 e. The van der Waals surface area contributed by atoms with E-state index < -0.39 is 12.2 Å². The molecular formula is C26H37NO5. The Hall–Kier alpha value is -1.71. The van der Waals surface area contributed by atoms with Gasteiger partial charge in [0.05, 0.1) is 24.9 Å². The minimum Gasteiger partial charge on any atom is -0.469 e. The third-order valence-corrected chi connectivity index (χ3v) is 10.2.